The van der Waals surface area contributed by atoms with Gasteiger partial charge in [0.05, 0.1) is 0 Å². The zero-order chi connectivity index (χ0) is 23.3. The summed E-state index contributed by atoms with van der Waals surface area (Å²) in [6.45, 7) is 4.47. The number of nitrogens with one attached hydrogen (secondary N) is 1. The molecule has 0 spiro atoms. The summed E-state index contributed by atoms with van der Waals surface area (Å²) in [6.07, 6.45) is 2.72. The summed E-state index contributed by atoms with van der Waals surface area (Å²) in [5.74, 6) is 1.35. The quantitative estimate of drug-likeness (QED) is 0.399. The van der Waals surface area contributed by atoms with E-state index in [2.05, 4.69) is 45.2 Å². The van der Waals surface area contributed by atoms with Crippen molar-refractivity contribution in [2.75, 3.05) is 5.32 Å². The Labute approximate surface area is 210 Å². The summed E-state index contributed by atoms with van der Waals surface area (Å²) < 4.78 is 8.86. The van der Waals surface area contributed by atoms with E-state index in [0.717, 1.165) is 27.7 Å². The fourth-order valence-corrected chi connectivity index (χ4v) is 5.34. The molecule has 0 amide bonds. The molecule has 33 heavy (non-hydrogen) atoms. The third-order valence-electron chi connectivity index (χ3n) is 5.94. The lowest BCUT2D eigenvalue weighted by Crippen LogP contribution is -2.36. The van der Waals surface area contributed by atoms with E-state index in [1.807, 2.05) is 24.3 Å². The number of halogens is 3. The molecule has 0 radical (unpaired) electrons. The van der Waals surface area contributed by atoms with E-state index in [1.165, 1.54) is 6.33 Å². The minimum Gasteiger partial charge on any atom is -0.488 e. The van der Waals surface area contributed by atoms with E-state index in [4.69, 9.17) is 27.9 Å². The first kappa shape index (κ1) is 22.4. The van der Waals surface area contributed by atoms with Gasteiger partial charge in [0.1, 0.15) is 24.7 Å². The van der Waals surface area contributed by atoms with Crippen molar-refractivity contribution in [2.45, 2.75) is 39.3 Å². The number of benzene rings is 2. The number of hydrogen-bond acceptors (Lipinski definition) is 5. The van der Waals surface area contributed by atoms with Gasteiger partial charge in [0.15, 0.2) is 5.78 Å². The fraction of sp³-hybridized carbons (Fsp3) is 0.292. The molecule has 1 atom stereocenters. The van der Waals surface area contributed by atoms with Crippen molar-refractivity contribution in [1.29, 1.82) is 0 Å². The number of fused-ring (bicyclic) bond motifs is 1. The number of Topliss-reactive ketones (excluding diaryl/α,β-unsaturated/α-hetero) is 1. The maximum absolute atomic E-state index is 13.4. The third-order valence-corrected chi connectivity index (χ3v) is 7.02. The SMILES string of the molecule is CC1(C)CC(=O)C2=C(C1)Nc1ncnn1C2c1cc(Br)ccc1OCc1ccc(Cl)cc1Cl. The smallest absolute Gasteiger partial charge is 0.226 e. The Morgan fingerprint density at radius 1 is 1.21 bits per heavy atom. The van der Waals surface area contributed by atoms with Gasteiger partial charge >= 0.3 is 0 Å². The van der Waals surface area contributed by atoms with Crippen molar-refractivity contribution in [1.82, 2.24) is 14.8 Å². The highest BCUT2D eigenvalue weighted by Gasteiger charge is 2.42. The zero-order valence-corrected chi connectivity index (χ0v) is 21.1. The highest BCUT2D eigenvalue weighted by atomic mass is 79.9. The van der Waals surface area contributed by atoms with E-state index in [-0.39, 0.29) is 17.8 Å². The lowest BCUT2D eigenvalue weighted by atomic mass is 9.73. The van der Waals surface area contributed by atoms with E-state index in [1.54, 1.807) is 16.8 Å². The molecule has 6 nitrogen and oxygen atoms in total. The van der Waals surface area contributed by atoms with Crippen LogP contribution in [0.3, 0.4) is 0 Å². The monoisotopic (exact) mass is 546 g/mol. The number of carbonyl (C=O) groups is 1. The molecule has 170 valence electrons. The van der Waals surface area contributed by atoms with Crippen LogP contribution in [0.15, 0.2) is 58.5 Å². The first-order valence-electron chi connectivity index (χ1n) is 10.5. The molecule has 0 saturated carbocycles. The molecule has 2 heterocycles. The number of ether oxygens (including phenoxy) is 1. The lowest BCUT2D eigenvalue weighted by Gasteiger charge is -2.38. The Morgan fingerprint density at radius 3 is 2.82 bits per heavy atom. The largest absolute Gasteiger partial charge is 0.488 e. The molecule has 2 aromatic carbocycles. The van der Waals surface area contributed by atoms with E-state index in [0.29, 0.717) is 33.7 Å². The summed E-state index contributed by atoms with van der Waals surface area (Å²) in [7, 11) is 0. The number of carbonyl (C=O) groups excluding carboxylic acids is 1. The Hall–Kier alpha value is -2.35. The van der Waals surface area contributed by atoms with Gasteiger partial charge in [-0.15, -0.1) is 0 Å². The average Bonchev–Trinajstić information content (AvgIpc) is 3.19. The van der Waals surface area contributed by atoms with Gasteiger partial charge in [-0.3, -0.25) is 4.79 Å². The summed E-state index contributed by atoms with van der Waals surface area (Å²) >= 11 is 15.9. The second-order valence-electron chi connectivity index (χ2n) is 9.10. The summed E-state index contributed by atoms with van der Waals surface area (Å²) in [4.78, 5) is 17.7. The average molecular weight is 548 g/mol. The van der Waals surface area contributed by atoms with Crippen molar-refractivity contribution in [3.63, 3.8) is 0 Å². The van der Waals surface area contributed by atoms with Crippen molar-refractivity contribution in [3.05, 3.63) is 79.6 Å². The first-order chi connectivity index (χ1) is 15.7. The molecule has 0 saturated heterocycles. The number of ketones is 1. The number of hydrogen-bond donors (Lipinski definition) is 1. The van der Waals surface area contributed by atoms with Crippen LogP contribution in [0, 0.1) is 5.41 Å². The number of anilines is 1. The molecule has 1 N–H and O–H groups in total. The zero-order valence-electron chi connectivity index (χ0n) is 18.0. The van der Waals surface area contributed by atoms with Gasteiger partial charge in [-0.2, -0.15) is 10.1 Å². The van der Waals surface area contributed by atoms with E-state index in [9.17, 15) is 4.79 Å². The van der Waals surface area contributed by atoms with Crippen molar-refractivity contribution in [2.24, 2.45) is 5.41 Å². The van der Waals surface area contributed by atoms with Gasteiger partial charge in [-0.1, -0.05) is 59.0 Å². The topological polar surface area (TPSA) is 69.0 Å². The third kappa shape index (κ3) is 4.29. The predicted molar refractivity (Wildman–Crippen MR) is 132 cm³/mol. The number of allylic oxidation sites excluding steroid dienone is 2. The maximum Gasteiger partial charge on any atom is 0.226 e. The van der Waals surface area contributed by atoms with E-state index >= 15 is 0 Å². The van der Waals surface area contributed by atoms with Gasteiger partial charge in [0.2, 0.25) is 5.95 Å². The Bertz CT molecular complexity index is 1300. The van der Waals surface area contributed by atoms with Crippen LogP contribution in [0.1, 0.15) is 43.9 Å². The molecule has 1 aromatic heterocycles. The molecule has 5 rings (SSSR count). The lowest BCUT2D eigenvalue weighted by molar-refractivity contribution is -0.118. The summed E-state index contributed by atoms with van der Waals surface area (Å²) in [5, 5.41) is 8.88. The van der Waals surface area contributed by atoms with Gasteiger partial charge in [0, 0.05) is 43.3 Å². The Morgan fingerprint density at radius 2 is 2.03 bits per heavy atom. The fourth-order valence-electron chi connectivity index (χ4n) is 4.50. The van der Waals surface area contributed by atoms with Crippen LogP contribution in [0.2, 0.25) is 10.0 Å². The van der Waals surface area contributed by atoms with Gasteiger partial charge in [-0.25, -0.2) is 4.68 Å². The van der Waals surface area contributed by atoms with Crippen LogP contribution in [0.5, 0.6) is 5.75 Å². The number of nitrogens with zero attached hydrogens (tertiary/aromatic N) is 3. The molecular formula is C24H21BrCl2N4O2. The molecule has 0 fully saturated rings. The van der Waals surface area contributed by atoms with Crippen molar-refractivity contribution >= 4 is 50.9 Å². The highest BCUT2D eigenvalue weighted by Crippen LogP contribution is 2.47. The molecule has 0 bridgehead atoms. The molecule has 1 aliphatic carbocycles. The van der Waals surface area contributed by atoms with Crippen molar-refractivity contribution < 1.29 is 9.53 Å². The standard InChI is InChI=1S/C24H21BrCl2N4O2/c1-24(2)9-18-21(19(32)10-24)22(31-23(30-18)28-12-29-31)16-7-14(25)4-6-20(16)33-11-13-3-5-15(26)8-17(13)27/h3-8,12,22H,9-11H2,1-2H3,(H,28,29,30). The second kappa shape index (κ2) is 8.46. The second-order valence-corrected chi connectivity index (χ2v) is 10.9. The predicted octanol–water partition coefficient (Wildman–Crippen LogP) is 6.58. The molecule has 1 aliphatic heterocycles. The molecule has 9 heteroatoms. The van der Waals surface area contributed by atoms with Gasteiger partial charge in [-0.05, 0) is 42.2 Å². The molecule has 3 aromatic rings. The minimum absolute atomic E-state index is 0.103. The van der Waals surface area contributed by atoms with Gasteiger partial charge in [0.25, 0.3) is 0 Å². The molecule has 1 unspecified atom stereocenters. The van der Waals surface area contributed by atoms with E-state index < -0.39 is 6.04 Å². The number of aromatic nitrogens is 3. The van der Waals surface area contributed by atoms with Crippen molar-refractivity contribution in [3.8, 4) is 5.75 Å². The van der Waals surface area contributed by atoms with Crippen LogP contribution in [0.25, 0.3) is 0 Å². The van der Waals surface area contributed by atoms with Crippen LogP contribution in [0.4, 0.5) is 5.95 Å². The van der Waals surface area contributed by atoms with Crippen LogP contribution < -0.4 is 10.1 Å². The maximum atomic E-state index is 13.4. The number of rotatable bonds is 4. The Kier molecular flexibility index (Phi) is 5.75. The minimum atomic E-state index is -0.449. The van der Waals surface area contributed by atoms with Crippen LogP contribution in [-0.4, -0.2) is 20.5 Å². The van der Waals surface area contributed by atoms with Gasteiger partial charge < -0.3 is 10.1 Å². The summed E-state index contributed by atoms with van der Waals surface area (Å²) in [6, 6.07) is 10.6. The molecule has 2 aliphatic rings. The normalized spacial score (nSPS) is 19.1. The Balaban J connectivity index is 1.59. The molecular weight excluding hydrogens is 527 g/mol. The van der Waals surface area contributed by atoms with Crippen LogP contribution >= 0.6 is 39.1 Å². The van der Waals surface area contributed by atoms with Crippen LogP contribution in [-0.2, 0) is 11.4 Å². The first-order valence-corrected chi connectivity index (χ1v) is 12.1. The summed E-state index contributed by atoms with van der Waals surface area (Å²) in [5.41, 5.74) is 3.12. The highest BCUT2D eigenvalue weighted by molar-refractivity contribution is 9.10.